The Morgan fingerprint density at radius 1 is 0.750 bits per heavy atom. The summed E-state index contributed by atoms with van der Waals surface area (Å²) in [5, 5.41) is 3.39. The molecule has 0 aliphatic heterocycles. The van der Waals surface area contributed by atoms with Gasteiger partial charge in [-0.3, -0.25) is 0 Å². The van der Waals surface area contributed by atoms with Crippen molar-refractivity contribution in [2.75, 3.05) is 5.33 Å². The molecule has 0 aliphatic rings. The number of hydrogen-bond acceptors (Lipinski definition) is 0. The van der Waals surface area contributed by atoms with E-state index in [1.807, 2.05) is 0 Å². The third-order valence-corrected chi connectivity index (χ3v) is 5.67. The highest BCUT2D eigenvalue weighted by atomic mass is 79.9. The lowest BCUT2D eigenvalue weighted by Gasteiger charge is -2.08. The normalized spacial score (nSPS) is 11.7. The molecule has 2 aromatic carbocycles. The summed E-state index contributed by atoms with van der Waals surface area (Å²) in [7, 11) is 0. The van der Waals surface area contributed by atoms with Gasteiger partial charge in [-0.15, -0.1) is 0 Å². The zero-order valence-electron chi connectivity index (χ0n) is 10.1. The van der Waals surface area contributed by atoms with Crippen molar-refractivity contribution >= 4 is 101 Å². The molecule has 0 aliphatic carbocycles. The van der Waals surface area contributed by atoms with Crippen LogP contribution in [0.5, 0.6) is 0 Å². The molecule has 0 atom stereocenters. The fourth-order valence-corrected chi connectivity index (χ4v) is 5.74. The summed E-state index contributed by atoms with van der Waals surface area (Å²) in [6.07, 6.45) is 0. The van der Waals surface area contributed by atoms with E-state index in [0.29, 0.717) is 0 Å². The first kappa shape index (κ1) is 15.5. The maximum atomic E-state index is 3.70. The van der Waals surface area contributed by atoms with E-state index in [2.05, 4.69) is 108 Å². The molecule has 0 amide bonds. The van der Waals surface area contributed by atoms with Crippen molar-refractivity contribution in [3.8, 4) is 0 Å². The molecule has 0 fully saturated rings. The Morgan fingerprint density at radius 2 is 1.20 bits per heavy atom. The second kappa shape index (κ2) is 6.03. The Labute approximate surface area is 158 Å². The third kappa shape index (κ3) is 2.56. The van der Waals surface area contributed by atoms with Crippen molar-refractivity contribution in [3.63, 3.8) is 0 Å². The van der Waals surface area contributed by atoms with Crippen LogP contribution in [0.2, 0.25) is 0 Å². The highest BCUT2D eigenvalue weighted by Gasteiger charge is 2.16. The summed E-state index contributed by atoms with van der Waals surface area (Å²) in [6, 6.07) is 8.53. The molecule has 0 N–H and O–H groups in total. The van der Waals surface area contributed by atoms with Crippen LogP contribution in [0.1, 0.15) is 0 Å². The Balaban J connectivity index is 2.59. The fraction of sp³-hybridized carbons (Fsp3) is 0.143. The number of fused-ring (bicyclic) bond motifs is 3. The summed E-state index contributed by atoms with van der Waals surface area (Å²) in [5.41, 5.74) is 2.45. The zero-order valence-corrected chi connectivity index (χ0v) is 18.0. The second-order valence-corrected chi connectivity index (χ2v) is 8.74. The van der Waals surface area contributed by atoms with Crippen LogP contribution < -0.4 is 0 Å². The summed E-state index contributed by atoms with van der Waals surface area (Å²) >= 11 is 18.1. The number of rotatable bonds is 2. The lowest BCUT2D eigenvalue weighted by atomic mass is 10.1. The average molecular weight is 590 g/mol. The number of alkyl halides is 1. The van der Waals surface area contributed by atoms with Crippen molar-refractivity contribution in [2.45, 2.75) is 6.54 Å². The minimum atomic E-state index is 0.914. The van der Waals surface area contributed by atoms with Crippen LogP contribution in [0.4, 0.5) is 0 Å². The predicted molar refractivity (Wildman–Crippen MR) is 104 cm³/mol. The number of aryl methyl sites for hydroxylation is 1. The predicted octanol–water partition coefficient (Wildman–Crippen LogP) is 7.24. The van der Waals surface area contributed by atoms with Gasteiger partial charge >= 0.3 is 0 Å². The number of aromatic nitrogens is 1. The molecule has 6 heteroatoms. The van der Waals surface area contributed by atoms with Gasteiger partial charge in [0.15, 0.2) is 0 Å². The fourth-order valence-electron chi connectivity index (χ4n) is 2.51. The van der Waals surface area contributed by atoms with Crippen LogP contribution in [0.15, 0.2) is 42.2 Å². The van der Waals surface area contributed by atoms with E-state index >= 15 is 0 Å². The van der Waals surface area contributed by atoms with E-state index in [4.69, 9.17) is 0 Å². The van der Waals surface area contributed by atoms with E-state index in [0.717, 1.165) is 29.8 Å². The van der Waals surface area contributed by atoms with Gasteiger partial charge in [0.1, 0.15) is 0 Å². The molecule has 20 heavy (non-hydrogen) atoms. The van der Waals surface area contributed by atoms with Gasteiger partial charge in [-0.1, -0.05) is 47.8 Å². The number of halogens is 5. The molecule has 0 unspecified atom stereocenters. The van der Waals surface area contributed by atoms with Crippen molar-refractivity contribution in [3.05, 3.63) is 42.2 Å². The first-order valence-corrected chi connectivity index (χ1v) is 10.1. The second-order valence-electron chi connectivity index (χ2n) is 4.41. The van der Waals surface area contributed by atoms with Crippen LogP contribution in [0.25, 0.3) is 21.8 Å². The topological polar surface area (TPSA) is 4.93 Å². The molecule has 3 aromatic rings. The van der Waals surface area contributed by atoms with Crippen LogP contribution >= 0.6 is 79.6 Å². The highest BCUT2D eigenvalue weighted by Crippen LogP contribution is 2.40. The Morgan fingerprint density at radius 3 is 1.60 bits per heavy atom. The van der Waals surface area contributed by atoms with Crippen molar-refractivity contribution < 1.29 is 0 Å². The van der Waals surface area contributed by atoms with Gasteiger partial charge in [0.2, 0.25) is 0 Å². The van der Waals surface area contributed by atoms with Crippen molar-refractivity contribution in [2.24, 2.45) is 0 Å². The minimum absolute atomic E-state index is 0.914. The molecule has 1 heterocycles. The van der Waals surface area contributed by atoms with Crippen LogP contribution in [0.3, 0.4) is 0 Å². The lowest BCUT2D eigenvalue weighted by Crippen LogP contribution is -1.99. The van der Waals surface area contributed by atoms with E-state index in [9.17, 15) is 0 Å². The molecule has 104 valence electrons. The zero-order chi connectivity index (χ0) is 14.4. The Bertz CT molecular complexity index is 756. The Hall–Kier alpha value is 0.640. The molecule has 0 radical (unpaired) electrons. The average Bonchev–Trinajstić information content (AvgIpc) is 2.64. The van der Waals surface area contributed by atoms with E-state index in [1.54, 1.807) is 0 Å². The Kier molecular flexibility index (Phi) is 4.68. The molecule has 1 nitrogen and oxygen atoms in total. The van der Waals surface area contributed by atoms with E-state index < -0.39 is 0 Å². The monoisotopic (exact) mass is 585 g/mol. The van der Waals surface area contributed by atoms with Gasteiger partial charge in [0, 0.05) is 40.5 Å². The molecule has 0 saturated heterocycles. The first-order chi connectivity index (χ1) is 9.52. The van der Waals surface area contributed by atoms with E-state index in [-0.39, 0.29) is 0 Å². The van der Waals surface area contributed by atoms with Crippen LogP contribution in [-0.4, -0.2) is 9.90 Å². The van der Waals surface area contributed by atoms with Crippen molar-refractivity contribution in [1.29, 1.82) is 0 Å². The molecule has 1 aromatic heterocycles. The molecular weight excluding hydrogens is 582 g/mol. The van der Waals surface area contributed by atoms with Gasteiger partial charge in [-0.25, -0.2) is 0 Å². The van der Waals surface area contributed by atoms with Crippen LogP contribution in [0, 0.1) is 0 Å². The molecule has 0 bridgehead atoms. The standard InChI is InChI=1S/C14H8Br5N/c15-1-2-20-13-9(3-7(16)5-11(13)18)10-4-8(17)6-12(19)14(10)20/h3-6H,1-2H2. The maximum absolute atomic E-state index is 3.70. The quantitative estimate of drug-likeness (QED) is 0.278. The number of nitrogens with zero attached hydrogens (tertiary/aromatic N) is 1. The van der Waals surface area contributed by atoms with Gasteiger partial charge in [0.05, 0.1) is 11.0 Å². The van der Waals surface area contributed by atoms with Crippen LogP contribution in [-0.2, 0) is 6.54 Å². The summed E-state index contributed by atoms with van der Waals surface area (Å²) in [4.78, 5) is 0. The number of benzene rings is 2. The lowest BCUT2D eigenvalue weighted by molar-refractivity contribution is 0.839. The summed E-state index contributed by atoms with van der Waals surface area (Å²) in [6.45, 7) is 0.917. The van der Waals surface area contributed by atoms with Gasteiger partial charge in [0.25, 0.3) is 0 Å². The van der Waals surface area contributed by atoms with Gasteiger partial charge in [-0.2, -0.15) is 0 Å². The largest absolute Gasteiger partial charge is 0.338 e. The molecular formula is C14H8Br5N. The maximum Gasteiger partial charge on any atom is 0.0637 e. The third-order valence-electron chi connectivity index (χ3n) is 3.19. The summed E-state index contributed by atoms with van der Waals surface area (Å²) < 4.78 is 6.69. The molecule has 0 spiro atoms. The first-order valence-electron chi connectivity index (χ1n) is 5.85. The van der Waals surface area contributed by atoms with Gasteiger partial charge < -0.3 is 4.57 Å². The molecule has 3 rings (SSSR count). The number of hydrogen-bond donors (Lipinski definition) is 0. The highest BCUT2D eigenvalue weighted by molar-refractivity contribution is 9.11. The SMILES string of the molecule is BrCCn1c2c(Br)cc(Br)cc2c2cc(Br)cc(Br)c21. The summed E-state index contributed by atoms with van der Waals surface area (Å²) in [5.74, 6) is 0. The van der Waals surface area contributed by atoms with Crippen molar-refractivity contribution in [1.82, 2.24) is 4.57 Å². The van der Waals surface area contributed by atoms with Gasteiger partial charge in [-0.05, 0) is 56.1 Å². The minimum Gasteiger partial charge on any atom is -0.338 e. The smallest absolute Gasteiger partial charge is 0.0637 e. The van der Waals surface area contributed by atoms with E-state index in [1.165, 1.54) is 21.8 Å². The molecule has 0 saturated carbocycles.